The first-order chi connectivity index (χ1) is 6.93. The van der Waals surface area contributed by atoms with E-state index >= 15 is 0 Å². The SMILES string of the molecule is CCCCCCCCCC[C]1C=CC1. The van der Waals surface area contributed by atoms with Crippen LogP contribution in [0.2, 0.25) is 0 Å². The van der Waals surface area contributed by atoms with Gasteiger partial charge < -0.3 is 0 Å². The van der Waals surface area contributed by atoms with Gasteiger partial charge in [-0.3, -0.25) is 0 Å². The highest BCUT2D eigenvalue weighted by molar-refractivity contribution is 5.22. The number of allylic oxidation sites excluding steroid dienone is 2. The first kappa shape index (κ1) is 11.8. The maximum Gasteiger partial charge on any atom is 0.00101 e. The van der Waals surface area contributed by atoms with Crippen molar-refractivity contribution in [2.75, 3.05) is 0 Å². The molecule has 1 aliphatic carbocycles. The average molecular weight is 193 g/mol. The van der Waals surface area contributed by atoms with E-state index in [-0.39, 0.29) is 0 Å². The van der Waals surface area contributed by atoms with Gasteiger partial charge in [-0.25, -0.2) is 0 Å². The van der Waals surface area contributed by atoms with E-state index in [2.05, 4.69) is 19.1 Å². The number of rotatable bonds is 9. The molecule has 0 spiro atoms. The minimum absolute atomic E-state index is 1.27. The van der Waals surface area contributed by atoms with Crippen LogP contribution in [-0.4, -0.2) is 0 Å². The standard InChI is InChI=1S/C14H25/c1-2-3-4-5-6-7-8-9-11-14-12-10-13-14/h10,12H,2-9,11,13H2,1H3. The van der Waals surface area contributed by atoms with Crippen molar-refractivity contribution in [2.45, 2.75) is 71.1 Å². The second kappa shape index (κ2) is 8.08. The molecule has 0 heterocycles. The van der Waals surface area contributed by atoms with Gasteiger partial charge in [0, 0.05) is 5.92 Å². The van der Waals surface area contributed by atoms with Gasteiger partial charge in [0.2, 0.25) is 0 Å². The summed E-state index contributed by atoms with van der Waals surface area (Å²) in [4.78, 5) is 0. The highest BCUT2D eigenvalue weighted by atomic mass is 14.1. The molecule has 1 radical (unpaired) electrons. The van der Waals surface area contributed by atoms with Crippen LogP contribution in [0, 0.1) is 5.92 Å². The summed E-state index contributed by atoms with van der Waals surface area (Å²) in [5, 5.41) is 0. The lowest BCUT2D eigenvalue weighted by molar-refractivity contribution is 0.566. The summed E-state index contributed by atoms with van der Waals surface area (Å²) in [5.74, 6) is 1.68. The van der Waals surface area contributed by atoms with Crippen LogP contribution in [0.5, 0.6) is 0 Å². The molecule has 0 N–H and O–H groups in total. The Morgan fingerprint density at radius 1 is 0.929 bits per heavy atom. The zero-order valence-electron chi connectivity index (χ0n) is 9.73. The maximum absolute atomic E-state index is 2.29. The summed E-state index contributed by atoms with van der Waals surface area (Å²) in [6.07, 6.45) is 18.7. The van der Waals surface area contributed by atoms with Gasteiger partial charge in [0.25, 0.3) is 0 Å². The average Bonchev–Trinajstić information content (AvgIpc) is 2.13. The molecule has 81 valence electrons. The van der Waals surface area contributed by atoms with Gasteiger partial charge >= 0.3 is 0 Å². The molecule has 1 rings (SSSR count). The molecule has 1 aliphatic rings. The lowest BCUT2D eigenvalue weighted by Gasteiger charge is -2.15. The van der Waals surface area contributed by atoms with Crippen LogP contribution in [0.1, 0.15) is 71.1 Å². The predicted octanol–water partition coefficient (Wildman–Crippen LogP) is 5.05. The van der Waals surface area contributed by atoms with Gasteiger partial charge in [-0.15, -0.1) is 0 Å². The molecule has 0 aromatic carbocycles. The van der Waals surface area contributed by atoms with E-state index in [9.17, 15) is 0 Å². The van der Waals surface area contributed by atoms with Crippen molar-refractivity contribution in [1.82, 2.24) is 0 Å². The Labute approximate surface area is 89.8 Å². The number of unbranched alkanes of at least 4 members (excludes halogenated alkanes) is 7. The van der Waals surface area contributed by atoms with Crippen molar-refractivity contribution < 1.29 is 0 Å². The van der Waals surface area contributed by atoms with Crippen LogP contribution in [-0.2, 0) is 0 Å². The van der Waals surface area contributed by atoms with Crippen molar-refractivity contribution in [3.63, 3.8) is 0 Å². The Kier molecular flexibility index (Phi) is 6.82. The normalized spacial score (nSPS) is 15.8. The van der Waals surface area contributed by atoms with Crippen LogP contribution < -0.4 is 0 Å². The Balaban J connectivity index is 1.69. The Bertz CT molecular complexity index is 146. The van der Waals surface area contributed by atoms with Crippen LogP contribution >= 0.6 is 0 Å². The quantitative estimate of drug-likeness (QED) is 0.449. The third-order valence-corrected chi connectivity index (χ3v) is 3.09. The van der Waals surface area contributed by atoms with E-state index in [0.717, 1.165) is 0 Å². The van der Waals surface area contributed by atoms with Crippen molar-refractivity contribution in [1.29, 1.82) is 0 Å². The second-order valence-corrected chi connectivity index (χ2v) is 4.49. The van der Waals surface area contributed by atoms with E-state index in [0.29, 0.717) is 0 Å². The lowest BCUT2D eigenvalue weighted by Crippen LogP contribution is -1.99. The molecule has 0 aromatic rings. The van der Waals surface area contributed by atoms with Crippen LogP contribution in [0.25, 0.3) is 0 Å². The number of hydrogen-bond acceptors (Lipinski definition) is 0. The van der Waals surface area contributed by atoms with Crippen LogP contribution in [0.15, 0.2) is 12.2 Å². The zero-order chi connectivity index (χ0) is 10.1. The van der Waals surface area contributed by atoms with E-state index < -0.39 is 0 Å². The molecule has 0 fully saturated rings. The first-order valence-corrected chi connectivity index (χ1v) is 6.44. The summed E-state index contributed by atoms with van der Waals surface area (Å²) >= 11 is 0. The van der Waals surface area contributed by atoms with E-state index in [4.69, 9.17) is 0 Å². The highest BCUT2D eigenvalue weighted by Gasteiger charge is 2.09. The molecule has 0 saturated heterocycles. The third-order valence-electron chi connectivity index (χ3n) is 3.09. The molecule has 14 heavy (non-hydrogen) atoms. The van der Waals surface area contributed by atoms with Crippen LogP contribution in [0.3, 0.4) is 0 Å². The third kappa shape index (κ3) is 5.47. The fourth-order valence-corrected chi connectivity index (χ4v) is 1.96. The fraction of sp³-hybridized carbons (Fsp3) is 0.786. The summed E-state index contributed by atoms with van der Waals surface area (Å²) < 4.78 is 0. The van der Waals surface area contributed by atoms with Crippen LogP contribution in [0.4, 0.5) is 0 Å². The molecule has 0 aliphatic heterocycles. The van der Waals surface area contributed by atoms with Crippen molar-refractivity contribution >= 4 is 0 Å². The van der Waals surface area contributed by atoms with Gasteiger partial charge in [-0.2, -0.15) is 0 Å². The Morgan fingerprint density at radius 2 is 1.50 bits per heavy atom. The predicted molar refractivity (Wildman–Crippen MR) is 64.2 cm³/mol. The molecule has 0 bridgehead atoms. The van der Waals surface area contributed by atoms with Crippen molar-refractivity contribution in [2.24, 2.45) is 0 Å². The molecule has 0 saturated carbocycles. The lowest BCUT2D eigenvalue weighted by atomic mass is 9.90. The highest BCUT2D eigenvalue weighted by Crippen LogP contribution is 2.25. The van der Waals surface area contributed by atoms with E-state index in [1.54, 1.807) is 5.92 Å². The van der Waals surface area contributed by atoms with Crippen molar-refractivity contribution in [3.05, 3.63) is 18.1 Å². The zero-order valence-corrected chi connectivity index (χ0v) is 9.73. The van der Waals surface area contributed by atoms with Gasteiger partial charge in [0.05, 0.1) is 0 Å². The van der Waals surface area contributed by atoms with Gasteiger partial charge in [0.1, 0.15) is 0 Å². The summed E-state index contributed by atoms with van der Waals surface area (Å²) in [5.41, 5.74) is 0. The summed E-state index contributed by atoms with van der Waals surface area (Å²) in [6.45, 7) is 2.28. The molecule has 0 nitrogen and oxygen atoms in total. The Morgan fingerprint density at radius 3 is 2.00 bits per heavy atom. The molecule has 0 atom stereocenters. The van der Waals surface area contributed by atoms with Crippen molar-refractivity contribution in [3.8, 4) is 0 Å². The van der Waals surface area contributed by atoms with Gasteiger partial charge in [-0.1, -0.05) is 70.4 Å². The van der Waals surface area contributed by atoms with Gasteiger partial charge in [0.15, 0.2) is 0 Å². The summed E-state index contributed by atoms with van der Waals surface area (Å²) in [6, 6.07) is 0. The molecule has 0 amide bonds. The maximum atomic E-state index is 2.29. The van der Waals surface area contributed by atoms with Gasteiger partial charge in [-0.05, 0) is 12.8 Å². The molecular weight excluding hydrogens is 168 g/mol. The largest absolute Gasteiger partial charge is 0.0870 e. The molecule has 0 unspecified atom stereocenters. The molecular formula is C14H25. The molecule has 0 aromatic heterocycles. The van der Waals surface area contributed by atoms with E-state index in [1.165, 1.54) is 64.2 Å². The topological polar surface area (TPSA) is 0 Å². The van der Waals surface area contributed by atoms with E-state index in [1.807, 2.05) is 0 Å². The monoisotopic (exact) mass is 193 g/mol. The summed E-state index contributed by atoms with van der Waals surface area (Å²) in [7, 11) is 0. The second-order valence-electron chi connectivity index (χ2n) is 4.49. The minimum atomic E-state index is 1.27. The first-order valence-electron chi connectivity index (χ1n) is 6.44. The fourth-order valence-electron chi connectivity index (χ4n) is 1.96. The molecule has 0 heteroatoms. The smallest absolute Gasteiger partial charge is 0.00101 e. The number of hydrogen-bond donors (Lipinski definition) is 0. The minimum Gasteiger partial charge on any atom is -0.0870 e. The Hall–Kier alpha value is -0.260.